The van der Waals surface area contributed by atoms with Gasteiger partial charge in [-0.15, -0.1) is 0 Å². The van der Waals surface area contributed by atoms with Crippen LogP contribution in [-0.2, 0) is 0 Å². The van der Waals surface area contributed by atoms with E-state index in [1.807, 2.05) is 26.8 Å². The van der Waals surface area contributed by atoms with Crippen LogP contribution in [-0.4, -0.2) is 16.1 Å². The number of aromatic amines is 1. The molecule has 94 valence electrons. The molecule has 1 aromatic carbocycles. The molecule has 1 amide bonds. The summed E-state index contributed by atoms with van der Waals surface area (Å²) in [6, 6.07) is 5.37. The number of benzene rings is 1. The van der Waals surface area contributed by atoms with Crippen LogP contribution >= 0.6 is 0 Å². The van der Waals surface area contributed by atoms with Gasteiger partial charge in [-0.05, 0) is 38.5 Å². The Hall–Kier alpha value is -2.30. The summed E-state index contributed by atoms with van der Waals surface area (Å²) in [5.41, 5.74) is 10.1. The summed E-state index contributed by atoms with van der Waals surface area (Å²) in [6.45, 7) is 5.62. The molecule has 0 radical (unpaired) electrons. The highest BCUT2D eigenvalue weighted by Crippen LogP contribution is 2.20. The van der Waals surface area contributed by atoms with Gasteiger partial charge in [-0.3, -0.25) is 9.89 Å². The average molecular weight is 244 g/mol. The monoisotopic (exact) mass is 244 g/mol. The number of nitrogen functional groups attached to an aromatic ring is 1. The summed E-state index contributed by atoms with van der Waals surface area (Å²) in [7, 11) is 0. The standard InChI is InChI=1S/C13H16N4O/c1-7-4-5-10(11(14)6-7)13(18)15-12-8(2)16-17-9(12)3/h4-6H,14H2,1-3H3,(H,15,18)(H,16,17). The molecular formula is C13H16N4O. The van der Waals surface area contributed by atoms with E-state index in [0.29, 0.717) is 16.9 Å². The van der Waals surface area contributed by atoms with E-state index >= 15 is 0 Å². The molecule has 0 aliphatic heterocycles. The van der Waals surface area contributed by atoms with Crippen LogP contribution in [0.15, 0.2) is 18.2 Å². The number of rotatable bonds is 2. The van der Waals surface area contributed by atoms with Gasteiger partial charge in [0.05, 0.1) is 22.6 Å². The van der Waals surface area contributed by atoms with E-state index < -0.39 is 0 Å². The second kappa shape index (κ2) is 4.52. The SMILES string of the molecule is Cc1ccc(C(=O)Nc2c(C)n[nH]c2C)c(N)c1. The summed E-state index contributed by atoms with van der Waals surface area (Å²) in [4.78, 5) is 12.1. The molecule has 5 nitrogen and oxygen atoms in total. The Morgan fingerprint density at radius 2 is 2.06 bits per heavy atom. The molecule has 0 unspecified atom stereocenters. The van der Waals surface area contributed by atoms with Crippen molar-refractivity contribution in [3.8, 4) is 0 Å². The maximum absolute atomic E-state index is 12.1. The van der Waals surface area contributed by atoms with Gasteiger partial charge in [0.2, 0.25) is 0 Å². The second-order valence-electron chi connectivity index (χ2n) is 4.35. The van der Waals surface area contributed by atoms with Gasteiger partial charge in [-0.25, -0.2) is 0 Å². The molecular weight excluding hydrogens is 228 g/mol. The Kier molecular flexibility index (Phi) is 3.06. The first-order chi connectivity index (χ1) is 8.49. The van der Waals surface area contributed by atoms with Crippen molar-refractivity contribution in [2.75, 3.05) is 11.1 Å². The van der Waals surface area contributed by atoms with E-state index in [1.165, 1.54) is 0 Å². The quantitative estimate of drug-likeness (QED) is 0.708. The number of carbonyl (C=O) groups excluding carboxylic acids is 1. The number of nitrogens with zero attached hydrogens (tertiary/aromatic N) is 1. The molecule has 2 aromatic rings. The van der Waals surface area contributed by atoms with E-state index in [-0.39, 0.29) is 5.91 Å². The molecule has 0 saturated heterocycles. The van der Waals surface area contributed by atoms with Crippen LogP contribution < -0.4 is 11.1 Å². The van der Waals surface area contributed by atoms with Crippen molar-refractivity contribution < 1.29 is 4.79 Å². The number of H-pyrrole nitrogens is 1. The fourth-order valence-electron chi connectivity index (χ4n) is 1.80. The van der Waals surface area contributed by atoms with Crippen LogP contribution in [0.5, 0.6) is 0 Å². The molecule has 0 atom stereocenters. The summed E-state index contributed by atoms with van der Waals surface area (Å²) in [5.74, 6) is -0.222. The van der Waals surface area contributed by atoms with Crippen LogP contribution in [0.2, 0.25) is 0 Å². The van der Waals surface area contributed by atoms with E-state index in [1.54, 1.807) is 12.1 Å². The maximum atomic E-state index is 12.1. The number of hydrogen-bond acceptors (Lipinski definition) is 3. The molecule has 0 fully saturated rings. The topological polar surface area (TPSA) is 83.8 Å². The fourth-order valence-corrected chi connectivity index (χ4v) is 1.80. The second-order valence-corrected chi connectivity index (χ2v) is 4.35. The minimum Gasteiger partial charge on any atom is -0.398 e. The molecule has 4 N–H and O–H groups in total. The Labute approximate surface area is 105 Å². The lowest BCUT2D eigenvalue weighted by Gasteiger charge is -2.08. The number of hydrogen-bond donors (Lipinski definition) is 3. The van der Waals surface area contributed by atoms with Crippen LogP contribution in [0.4, 0.5) is 11.4 Å². The fraction of sp³-hybridized carbons (Fsp3) is 0.231. The molecule has 1 heterocycles. The first kappa shape index (κ1) is 12.2. The van der Waals surface area contributed by atoms with E-state index in [0.717, 1.165) is 17.0 Å². The van der Waals surface area contributed by atoms with Gasteiger partial charge in [0.25, 0.3) is 5.91 Å². The number of carbonyl (C=O) groups is 1. The predicted molar refractivity (Wildman–Crippen MR) is 71.6 cm³/mol. The van der Waals surface area contributed by atoms with Crippen molar-refractivity contribution in [2.45, 2.75) is 20.8 Å². The highest BCUT2D eigenvalue weighted by atomic mass is 16.1. The predicted octanol–water partition coefficient (Wildman–Crippen LogP) is 2.17. The number of nitrogens with one attached hydrogen (secondary N) is 2. The molecule has 0 bridgehead atoms. The lowest BCUT2D eigenvalue weighted by molar-refractivity contribution is 0.102. The van der Waals surface area contributed by atoms with Crippen LogP contribution in [0.3, 0.4) is 0 Å². The maximum Gasteiger partial charge on any atom is 0.257 e. The van der Waals surface area contributed by atoms with Gasteiger partial charge < -0.3 is 11.1 Å². The summed E-state index contributed by atoms with van der Waals surface area (Å²) in [6.07, 6.45) is 0. The zero-order valence-electron chi connectivity index (χ0n) is 10.7. The number of anilines is 2. The summed E-state index contributed by atoms with van der Waals surface area (Å²) >= 11 is 0. The Bertz CT molecular complexity index is 582. The third kappa shape index (κ3) is 2.20. The van der Waals surface area contributed by atoms with Gasteiger partial charge in [-0.1, -0.05) is 6.07 Å². The van der Waals surface area contributed by atoms with Crippen molar-refractivity contribution in [2.24, 2.45) is 0 Å². The van der Waals surface area contributed by atoms with Crippen molar-refractivity contribution in [1.82, 2.24) is 10.2 Å². The van der Waals surface area contributed by atoms with Crippen LogP contribution in [0.25, 0.3) is 0 Å². The van der Waals surface area contributed by atoms with Crippen molar-refractivity contribution in [3.05, 3.63) is 40.7 Å². The van der Waals surface area contributed by atoms with Gasteiger partial charge >= 0.3 is 0 Å². The minimum absolute atomic E-state index is 0.222. The Balaban J connectivity index is 2.28. The molecule has 0 spiro atoms. The van der Waals surface area contributed by atoms with Crippen molar-refractivity contribution >= 4 is 17.3 Å². The summed E-state index contributed by atoms with van der Waals surface area (Å²) < 4.78 is 0. The molecule has 1 aromatic heterocycles. The van der Waals surface area contributed by atoms with Crippen molar-refractivity contribution in [1.29, 1.82) is 0 Å². The first-order valence-electron chi connectivity index (χ1n) is 5.68. The zero-order valence-corrected chi connectivity index (χ0v) is 10.7. The van der Waals surface area contributed by atoms with Crippen molar-refractivity contribution in [3.63, 3.8) is 0 Å². The number of nitrogens with two attached hydrogens (primary N) is 1. The first-order valence-corrected chi connectivity index (χ1v) is 5.68. The number of amides is 1. The Morgan fingerprint density at radius 3 is 2.61 bits per heavy atom. The molecule has 18 heavy (non-hydrogen) atoms. The lowest BCUT2D eigenvalue weighted by atomic mass is 10.1. The molecule has 0 aliphatic carbocycles. The van der Waals surface area contributed by atoms with Crippen LogP contribution in [0.1, 0.15) is 27.3 Å². The third-order valence-electron chi connectivity index (χ3n) is 2.82. The van der Waals surface area contributed by atoms with Gasteiger partial charge in [-0.2, -0.15) is 5.10 Å². The van der Waals surface area contributed by atoms with E-state index in [2.05, 4.69) is 15.5 Å². The largest absolute Gasteiger partial charge is 0.398 e. The molecule has 0 aliphatic rings. The molecule has 2 rings (SSSR count). The van der Waals surface area contributed by atoms with E-state index in [4.69, 9.17) is 5.73 Å². The smallest absolute Gasteiger partial charge is 0.257 e. The van der Waals surface area contributed by atoms with Gasteiger partial charge in [0.15, 0.2) is 0 Å². The zero-order chi connectivity index (χ0) is 13.3. The highest BCUT2D eigenvalue weighted by Gasteiger charge is 2.14. The number of aromatic nitrogens is 2. The number of aryl methyl sites for hydroxylation is 3. The summed E-state index contributed by atoms with van der Waals surface area (Å²) in [5, 5.41) is 9.67. The van der Waals surface area contributed by atoms with Gasteiger partial charge in [0, 0.05) is 5.69 Å². The van der Waals surface area contributed by atoms with Gasteiger partial charge in [0.1, 0.15) is 0 Å². The molecule has 5 heteroatoms. The average Bonchev–Trinajstić information content (AvgIpc) is 2.60. The Morgan fingerprint density at radius 1 is 1.33 bits per heavy atom. The van der Waals surface area contributed by atoms with Crippen LogP contribution in [0, 0.1) is 20.8 Å². The third-order valence-corrected chi connectivity index (χ3v) is 2.82. The lowest BCUT2D eigenvalue weighted by Crippen LogP contribution is -2.15. The molecule has 0 saturated carbocycles. The van der Waals surface area contributed by atoms with E-state index in [9.17, 15) is 4.79 Å². The highest BCUT2D eigenvalue weighted by molar-refractivity contribution is 6.08. The normalized spacial score (nSPS) is 10.4. The minimum atomic E-state index is -0.222.